The second-order valence-electron chi connectivity index (χ2n) is 9.58. The monoisotopic (exact) mass is 569 g/mol. The van der Waals surface area contributed by atoms with Crippen molar-refractivity contribution in [2.45, 2.75) is 58.0 Å². The molecule has 3 aromatic rings. The van der Waals surface area contributed by atoms with Gasteiger partial charge in [-0.25, -0.2) is 8.42 Å². The summed E-state index contributed by atoms with van der Waals surface area (Å²) in [6.45, 7) is 7.56. The van der Waals surface area contributed by atoms with E-state index in [-0.39, 0.29) is 17.3 Å². The van der Waals surface area contributed by atoms with E-state index in [2.05, 4.69) is 5.32 Å². The zero-order valence-corrected chi connectivity index (χ0v) is 24.4. The molecular weight excluding hydrogens is 534 g/mol. The van der Waals surface area contributed by atoms with Crippen molar-refractivity contribution >= 4 is 39.1 Å². The fourth-order valence-corrected chi connectivity index (χ4v) is 5.85. The van der Waals surface area contributed by atoms with Crippen LogP contribution in [0.5, 0.6) is 0 Å². The number of nitrogens with one attached hydrogen (secondary N) is 1. The molecule has 0 saturated carbocycles. The van der Waals surface area contributed by atoms with Crippen LogP contribution in [0.25, 0.3) is 0 Å². The molecule has 2 amide bonds. The molecule has 0 radical (unpaired) electrons. The number of aryl methyl sites for hydroxylation is 2. The maximum absolute atomic E-state index is 13.9. The Morgan fingerprint density at radius 3 is 2.26 bits per heavy atom. The van der Waals surface area contributed by atoms with Gasteiger partial charge in [0.2, 0.25) is 11.8 Å². The molecule has 0 unspecified atom stereocenters. The van der Waals surface area contributed by atoms with Crippen LogP contribution in [0.1, 0.15) is 43.4 Å². The normalized spacial score (nSPS) is 12.0. The minimum atomic E-state index is -4.09. The van der Waals surface area contributed by atoms with Crippen LogP contribution < -0.4 is 9.62 Å². The number of nitrogens with zero attached hydrogens (tertiary/aromatic N) is 2. The van der Waals surface area contributed by atoms with E-state index in [0.717, 1.165) is 33.8 Å². The van der Waals surface area contributed by atoms with Gasteiger partial charge in [0.05, 0.1) is 10.6 Å². The molecule has 0 saturated heterocycles. The van der Waals surface area contributed by atoms with E-state index in [1.54, 1.807) is 55.5 Å². The highest BCUT2D eigenvalue weighted by atomic mass is 35.5. The molecule has 0 aromatic heterocycles. The van der Waals surface area contributed by atoms with Crippen molar-refractivity contribution in [2.75, 3.05) is 17.4 Å². The Hall–Kier alpha value is -3.36. The van der Waals surface area contributed by atoms with Crippen LogP contribution in [0.4, 0.5) is 5.69 Å². The van der Waals surface area contributed by atoms with Gasteiger partial charge >= 0.3 is 0 Å². The molecule has 3 rings (SSSR count). The smallest absolute Gasteiger partial charge is 0.264 e. The van der Waals surface area contributed by atoms with Crippen molar-refractivity contribution < 1.29 is 18.0 Å². The van der Waals surface area contributed by atoms with Gasteiger partial charge in [-0.2, -0.15) is 0 Å². The van der Waals surface area contributed by atoms with Crippen molar-refractivity contribution in [1.29, 1.82) is 0 Å². The number of amides is 2. The molecule has 9 heteroatoms. The fraction of sp³-hybridized carbons (Fsp3) is 0.333. The number of hydrogen-bond donors (Lipinski definition) is 1. The summed E-state index contributed by atoms with van der Waals surface area (Å²) >= 11 is 6.05. The number of anilines is 1. The average molecular weight is 570 g/mol. The second kappa shape index (κ2) is 13.6. The summed E-state index contributed by atoms with van der Waals surface area (Å²) in [7, 11) is -4.09. The zero-order chi connectivity index (χ0) is 28.6. The molecule has 0 heterocycles. The van der Waals surface area contributed by atoms with Crippen LogP contribution in [0.2, 0.25) is 5.02 Å². The summed E-state index contributed by atoms with van der Waals surface area (Å²) in [6.07, 6.45) is 1.74. The molecule has 0 aliphatic rings. The van der Waals surface area contributed by atoms with Gasteiger partial charge in [-0.1, -0.05) is 73.0 Å². The third-order valence-electron chi connectivity index (χ3n) is 6.49. The molecular formula is C30H36ClN3O4S. The number of unbranched alkanes of at least 4 members (excludes halogenated alkanes) is 1. The van der Waals surface area contributed by atoms with Gasteiger partial charge < -0.3 is 10.2 Å². The minimum absolute atomic E-state index is 0.0763. The second-order valence-corrected chi connectivity index (χ2v) is 11.9. The molecule has 1 atom stereocenters. The summed E-state index contributed by atoms with van der Waals surface area (Å²) < 4.78 is 28.9. The van der Waals surface area contributed by atoms with E-state index in [9.17, 15) is 18.0 Å². The van der Waals surface area contributed by atoms with Crippen molar-refractivity contribution in [3.63, 3.8) is 0 Å². The number of sulfonamides is 1. The molecule has 208 valence electrons. The third kappa shape index (κ3) is 7.83. The maximum atomic E-state index is 13.9. The Labute approximate surface area is 236 Å². The van der Waals surface area contributed by atoms with E-state index in [1.165, 1.54) is 17.0 Å². The lowest BCUT2D eigenvalue weighted by Gasteiger charge is -2.32. The quantitative estimate of drug-likeness (QED) is 0.292. The number of benzene rings is 3. The fourth-order valence-electron chi connectivity index (χ4n) is 4.22. The van der Waals surface area contributed by atoms with Crippen LogP contribution in [0, 0.1) is 13.8 Å². The van der Waals surface area contributed by atoms with E-state index in [1.807, 2.05) is 32.9 Å². The van der Waals surface area contributed by atoms with E-state index < -0.39 is 28.5 Å². The molecule has 1 N–H and O–H groups in total. The summed E-state index contributed by atoms with van der Waals surface area (Å²) in [5.41, 5.74) is 2.87. The highest BCUT2D eigenvalue weighted by Crippen LogP contribution is 2.28. The Balaban J connectivity index is 2.01. The first-order valence-corrected chi connectivity index (χ1v) is 14.8. The van der Waals surface area contributed by atoms with Gasteiger partial charge in [-0.05, 0) is 68.7 Å². The first kappa shape index (κ1) is 30.2. The van der Waals surface area contributed by atoms with Gasteiger partial charge in [0.1, 0.15) is 12.6 Å². The lowest BCUT2D eigenvalue weighted by atomic mass is 10.1. The Kier molecular flexibility index (Phi) is 10.5. The Morgan fingerprint density at radius 1 is 0.974 bits per heavy atom. The first-order chi connectivity index (χ1) is 18.5. The summed E-state index contributed by atoms with van der Waals surface area (Å²) in [5, 5.41) is 3.44. The third-order valence-corrected chi connectivity index (χ3v) is 8.52. The number of carbonyl (C=O) groups is 2. The van der Waals surface area contributed by atoms with Crippen LogP contribution >= 0.6 is 11.6 Å². The first-order valence-electron chi connectivity index (χ1n) is 13.0. The minimum Gasteiger partial charge on any atom is -0.354 e. The van der Waals surface area contributed by atoms with Crippen molar-refractivity contribution in [3.05, 3.63) is 94.5 Å². The standard InChI is InChI=1S/C30H36ClN3O4S/c1-5-6-18-32-30(36)24(4)33(20-25-13-15-26(31)16-14-25)29(35)21-34(28-17-12-22(2)19-23(28)3)39(37,38)27-10-8-7-9-11-27/h7-17,19,24H,5-6,18,20-21H2,1-4H3,(H,32,36)/t24-/m1/s1. The summed E-state index contributed by atoms with van der Waals surface area (Å²) in [4.78, 5) is 28.5. The molecule has 3 aromatic carbocycles. The molecule has 0 aliphatic carbocycles. The molecule has 0 spiro atoms. The molecule has 0 aliphatic heterocycles. The van der Waals surface area contributed by atoms with E-state index in [4.69, 9.17) is 11.6 Å². The average Bonchev–Trinajstić information content (AvgIpc) is 2.91. The van der Waals surface area contributed by atoms with Gasteiger partial charge in [-0.15, -0.1) is 0 Å². The van der Waals surface area contributed by atoms with Crippen LogP contribution in [0.3, 0.4) is 0 Å². The predicted octanol–water partition coefficient (Wildman–Crippen LogP) is 5.49. The SMILES string of the molecule is CCCCNC(=O)[C@@H](C)N(Cc1ccc(Cl)cc1)C(=O)CN(c1ccc(C)cc1C)S(=O)(=O)c1ccccc1. The highest BCUT2D eigenvalue weighted by Gasteiger charge is 2.33. The van der Waals surface area contributed by atoms with Crippen LogP contribution in [-0.2, 0) is 26.2 Å². The molecule has 39 heavy (non-hydrogen) atoms. The van der Waals surface area contributed by atoms with Gasteiger partial charge in [-0.3, -0.25) is 13.9 Å². The number of halogens is 1. The number of rotatable bonds is 12. The predicted molar refractivity (Wildman–Crippen MR) is 156 cm³/mol. The van der Waals surface area contributed by atoms with Crippen LogP contribution in [-0.4, -0.2) is 44.3 Å². The topological polar surface area (TPSA) is 86.8 Å². The van der Waals surface area contributed by atoms with Crippen molar-refractivity contribution in [2.24, 2.45) is 0 Å². The lowest BCUT2D eigenvalue weighted by molar-refractivity contribution is -0.139. The largest absolute Gasteiger partial charge is 0.354 e. The molecule has 7 nitrogen and oxygen atoms in total. The van der Waals surface area contributed by atoms with Gasteiger partial charge in [0.15, 0.2) is 0 Å². The van der Waals surface area contributed by atoms with Gasteiger partial charge in [0.25, 0.3) is 10.0 Å². The van der Waals surface area contributed by atoms with Crippen LogP contribution in [0.15, 0.2) is 77.7 Å². The Morgan fingerprint density at radius 2 is 1.64 bits per heavy atom. The highest BCUT2D eigenvalue weighted by molar-refractivity contribution is 7.92. The van der Waals surface area contributed by atoms with E-state index in [0.29, 0.717) is 17.3 Å². The summed E-state index contributed by atoms with van der Waals surface area (Å²) in [6, 6.07) is 19.6. The van der Waals surface area contributed by atoms with Crippen molar-refractivity contribution in [1.82, 2.24) is 10.2 Å². The number of carbonyl (C=O) groups excluding carboxylic acids is 2. The number of hydrogen-bond acceptors (Lipinski definition) is 4. The lowest BCUT2D eigenvalue weighted by Crippen LogP contribution is -2.51. The zero-order valence-electron chi connectivity index (χ0n) is 22.9. The maximum Gasteiger partial charge on any atom is 0.264 e. The molecule has 0 bridgehead atoms. The molecule has 0 fully saturated rings. The van der Waals surface area contributed by atoms with Crippen molar-refractivity contribution in [3.8, 4) is 0 Å². The van der Waals surface area contributed by atoms with E-state index >= 15 is 0 Å². The summed E-state index contributed by atoms with van der Waals surface area (Å²) in [5.74, 6) is -0.794. The van der Waals surface area contributed by atoms with Gasteiger partial charge in [0, 0.05) is 18.1 Å². The Bertz CT molecular complexity index is 1380.